The van der Waals surface area contributed by atoms with Gasteiger partial charge in [0.2, 0.25) is 11.8 Å². The second kappa shape index (κ2) is 9.04. The van der Waals surface area contributed by atoms with Gasteiger partial charge in [-0.25, -0.2) is 4.98 Å². The number of ether oxygens (including phenoxy) is 1. The van der Waals surface area contributed by atoms with Crippen molar-refractivity contribution in [2.75, 3.05) is 7.11 Å². The molecule has 0 unspecified atom stereocenters. The van der Waals surface area contributed by atoms with Gasteiger partial charge in [-0.2, -0.15) is 5.26 Å². The molecule has 0 saturated heterocycles. The number of benzene rings is 2. The van der Waals surface area contributed by atoms with Crippen LogP contribution in [0.5, 0.6) is 5.75 Å². The lowest BCUT2D eigenvalue weighted by Crippen LogP contribution is -2.14. The fourth-order valence-electron chi connectivity index (χ4n) is 2.77. The molecule has 0 spiro atoms. The van der Waals surface area contributed by atoms with E-state index in [-0.39, 0.29) is 11.3 Å². The Morgan fingerprint density at radius 2 is 1.97 bits per heavy atom. The zero-order chi connectivity index (χ0) is 21.8. The summed E-state index contributed by atoms with van der Waals surface area (Å²) >= 11 is 7.37. The van der Waals surface area contributed by atoms with Gasteiger partial charge >= 0.3 is 0 Å². The number of nitrogens with one attached hydrogen (secondary N) is 1. The van der Waals surface area contributed by atoms with Gasteiger partial charge in [0, 0.05) is 5.56 Å². The van der Waals surface area contributed by atoms with Crippen LogP contribution in [0.15, 0.2) is 62.9 Å². The average Bonchev–Trinajstić information content (AvgIpc) is 3.26. The summed E-state index contributed by atoms with van der Waals surface area (Å²) in [5.74, 6) is 1.58. The van der Waals surface area contributed by atoms with Crippen molar-refractivity contribution in [2.24, 2.45) is 0 Å². The Balaban J connectivity index is 1.58. The zero-order valence-electron chi connectivity index (χ0n) is 16.1. The van der Waals surface area contributed by atoms with Gasteiger partial charge in [0.15, 0.2) is 5.16 Å². The minimum Gasteiger partial charge on any atom is -0.497 e. The number of hydrogen-bond donors (Lipinski definition) is 1. The molecule has 1 N–H and O–H groups in total. The Morgan fingerprint density at radius 3 is 2.68 bits per heavy atom. The minimum absolute atomic E-state index is 0.0617. The fourth-order valence-corrected chi connectivity index (χ4v) is 3.68. The molecular weight excluding hydrogens is 438 g/mol. The smallest absolute Gasteiger partial charge is 0.270 e. The SMILES string of the molecule is COc1ccc(-c2nc(SCc3nnc(-c4ccccc4Cl)o3)[nH]c(=O)c2C#N)cc1. The van der Waals surface area contributed by atoms with Crippen LogP contribution in [-0.4, -0.2) is 27.3 Å². The van der Waals surface area contributed by atoms with Crippen molar-refractivity contribution in [1.29, 1.82) is 5.26 Å². The summed E-state index contributed by atoms with van der Waals surface area (Å²) in [6.45, 7) is 0. The topological polar surface area (TPSA) is 118 Å². The first kappa shape index (κ1) is 20.7. The molecule has 0 fully saturated rings. The molecule has 0 bridgehead atoms. The van der Waals surface area contributed by atoms with E-state index in [1.807, 2.05) is 18.2 Å². The van der Waals surface area contributed by atoms with Gasteiger partial charge in [0.05, 0.1) is 29.1 Å². The number of hydrogen-bond acceptors (Lipinski definition) is 8. The number of thioether (sulfide) groups is 1. The normalized spacial score (nSPS) is 10.6. The lowest BCUT2D eigenvalue weighted by atomic mass is 10.1. The Kier molecular flexibility index (Phi) is 6.02. The van der Waals surface area contributed by atoms with Gasteiger partial charge in [-0.1, -0.05) is 35.5 Å². The third kappa shape index (κ3) is 4.45. The number of nitriles is 1. The van der Waals surface area contributed by atoms with E-state index in [2.05, 4.69) is 20.2 Å². The molecule has 0 saturated carbocycles. The van der Waals surface area contributed by atoms with Gasteiger partial charge in [-0.05, 0) is 36.4 Å². The lowest BCUT2D eigenvalue weighted by Gasteiger charge is -2.07. The van der Waals surface area contributed by atoms with Crippen molar-refractivity contribution in [3.05, 3.63) is 75.4 Å². The molecule has 31 heavy (non-hydrogen) atoms. The van der Waals surface area contributed by atoms with E-state index >= 15 is 0 Å². The zero-order valence-corrected chi connectivity index (χ0v) is 17.7. The number of aromatic nitrogens is 4. The van der Waals surface area contributed by atoms with E-state index in [0.717, 1.165) is 0 Å². The summed E-state index contributed by atoms with van der Waals surface area (Å²) in [5.41, 5.74) is 0.976. The molecule has 2 aromatic carbocycles. The molecule has 0 amide bonds. The molecule has 0 aliphatic carbocycles. The van der Waals surface area contributed by atoms with Crippen molar-refractivity contribution >= 4 is 23.4 Å². The second-order valence-corrected chi connectivity index (χ2v) is 7.58. The van der Waals surface area contributed by atoms with Gasteiger partial charge in [-0.15, -0.1) is 10.2 Å². The van der Waals surface area contributed by atoms with Gasteiger partial charge in [-0.3, -0.25) is 4.79 Å². The van der Waals surface area contributed by atoms with Crippen LogP contribution in [0, 0.1) is 11.3 Å². The summed E-state index contributed by atoms with van der Waals surface area (Å²) < 4.78 is 10.8. The van der Waals surface area contributed by atoms with Crippen LogP contribution >= 0.6 is 23.4 Å². The van der Waals surface area contributed by atoms with Crippen molar-refractivity contribution in [3.63, 3.8) is 0 Å². The van der Waals surface area contributed by atoms with E-state index in [1.165, 1.54) is 11.8 Å². The number of halogens is 1. The van der Waals surface area contributed by atoms with Crippen LogP contribution in [0.3, 0.4) is 0 Å². The van der Waals surface area contributed by atoms with Crippen LogP contribution < -0.4 is 10.3 Å². The highest BCUT2D eigenvalue weighted by atomic mass is 35.5. The molecule has 4 rings (SSSR count). The highest BCUT2D eigenvalue weighted by Gasteiger charge is 2.16. The highest BCUT2D eigenvalue weighted by molar-refractivity contribution is 7.98. The molecule has 2 aromatic heterocycles. The molecule has 8 nitrogen and oxygen atoms in total. The quantitative estimate of drug-likeness (QED) is 0.340. The predicted molar refractivity (Wildman–Crippen MR) is 116 cm³/mol. The van der Waals surface area contributed by atoms with E-state index in [4.69, 9.17) is 20.8 Å². The van der Waals surface area contributed by atoms with Crippen molar-refractivity contribution in [1.82, 2.24) is 20.2 Å². The average molecular weight is 452 g/mol. The van der Waals surface area contributed by atoms with Crippen molar-refractivity contribution in [2.45, 2.75) is 10.9 Å². The molecule has 0 atom stereocenters. The number of methoxy groups -OCH3 is 1. The molecule has 0 aliphatic heterocycles. The maximum absolute atomic E-state index is 12.4. The summed E-state index contributed by atoms with van der Waals surface area (Å²) in [5, 5.41) is 18.3. The number of nitrogens with zero attached hydrogens (tertiary/aromatic N) is 4. The van der Waals surface area contributed by atoms with Crippen LogP contribution in [0.25, 0.3) is 22.7 Å². The molecule has 10 heteroatoms. The lowest BCUT2D eigenvalue weighted by molar-refractivity contribution is 0.415. The van der Waals surface area contributed by atoms with Crippen LogP contribution in [0.1, 0.15) is 11.5 Å². The summed E-state index contributed by atoms with van der Waals surface area (Å²) in [6.07, 6.45) is 0. The van der Waals surface area contributed by atoms with E-state index < -0.39 is 5.56 Å². The first-order valence-corrected chi connectivity index (χ1v) is 10.3. The molecule has 2 heterocycles. The standard InChI is InChI=1S/C21H14ClN5O3S/c1-29-13-8-6-12(7-9-13)18-15(10-23)19(28)25-21(24-18)31-11-17-26-27-20(30-17)14-4-2-3-5-16(14)22/h2-9H,11H2,1H3,(H,24,25,28). The Labute approximate surface area is 185 Å². The van der Waals surface area contributed by atoms with E-state index in [1.54, 1.807) is 43.5 Å². The van der Waals surface area contributed by atoms with Crippen LogP contribution in [0.2, 0.25) is 5.02 Å². The minimum atomic E-state index is -0.520. The number of rotatable bonds is 6. The Bertz CT molecular complexity index is 1330. The first-order chi connectivity index (χ1) is 15.1. The van der Waals surface area contributed by atoms with Gasteiger partial charge in [0.25, 0.3) is 5.56 Å². The first-order valence-electron chi connectivity index (χ1n) is 8.98. The van der Waals surface area contributed by atoms with Crippen LogP contribution in [-0.2, 0) is 5.75 Å². The third-order valence-corrected chi connectivity index (χ3v) is 5.46. The van der Waals surface area contributed by atoms with Crippen LogP contribution in [0.4, 0.5) is 0 Å². The predicted octanol–water partition coefficient (Wildman–Crippen LogP) is 4.31. The molecular formula is C21H14ClN5O3S. The van der Waals surface area contributed by atoms with E-state index in [0.29, 0.717) is 44.5 Å². The molecule has 154 valence electrons. The monoisotopic (exact) mass is 451 g/mol. The van der Waals surface area contributed by atoms with Gasteiger partial charge < -0.3 is 14.1 Å². The summed E-state index contributed by atoms with van der Waals surface area (Å²) in [4.78, 5) is 19.5. The third-order valence-electron chi connectivity index (χ3n) is 4.28. The largest absolute Gasteiger partial charge is 0.497 e. The van der Waals surface area contributed by atoms with Crippen molar-refractivity contribution < 1.29 is 9.15 Å². The van der Waals surface area contributed by atoms with Gasteiger partial charge in [0.1, 0.15) is 17.4 Å². The Morgan fingerprint density at radius 1 is 1.19 bits per heavy atom. The fraction of sp³-hybridized carbons (Fsp3) is 0.0952. The van der Waals surface area contributed by atoms with Crippen molar-refractivity contribution in [3.8, 4) is 34.5 Å². The Hall–Kier alpha value is -3.61. The highest BCUT2D eigenvalue weighted by Crippen LogP contribution is 2.28. The van der Waals surface area contributed by atoms with E-state index in [9.17, 15) is 10.1 Å². The maximum atomic E-state index is 12.4. The second-order valence-electron chi connectivity index (χ2n) is 6.20. The summed E-state index contributed by atoms with van der Waals surface area (Å²) in [6, 6.07) is 16.0. The number of H-pyrrole nitrogens is 1. The number of aromatic amines is 1. The molecule has 0 aliphatic rings. The molecule has 4 aromatic rings. The summed E-state index contributed by atoms with van der Waals surface area (Å²) in [7, 11) is 1.56. The maximum Gasteiger partial charge on any atom is 0.270 e. The molecule has 0 radical (unpaired) electrons.